The Bertz CT molecular complexity index is 1220. The smallest absolute Gasteiger partial charge is 0.263 e. The lowest BCUT2D eigenvalue weighted by atomic mass is 10.2. The van der Waals surface area contributed by atoms with Crippen LogP contribution in [0, 0.1) is 0 Å². The predicted octanol–water partition coefficient (Wildman–Crippen LogP) is 4.49. The van der Waals surface area contributed by atoms with Crippen molar-refractivity contribution in [2.45, 2.75) is 17.6 Å². The van der Waals surface area contributed by atoms with Crippen LogP contribution in [-0.2, 0) is 26.3 Å². The van der Waals surface area contributed by atoms with Crippen LogP contribution in [0.4, 0.5) is 5.69 Å². The Morgan fingerprint density at radius 2 is 1.71 bits per heavy atom. The van der Waals surface area contributed by atoms with E-state index in [2.05, 4.69) is 5.32 Å². The summed E-state index contributed by atoms with van der Waals surface area (Å²) in [4.78, 5) is 12.8. The van der Waals surface area contributed by atoms with Crippen molar-refractivity contribution < 1.29 is 17.9 Å². The molecule has 0 saturated heterocycles. The minimum atomic E-state index is -3.72. The summed E-state index contributed by atoms with van der Waals surface area (Å²) in [7, 11) is -3.72. The molecule has 178 valence electrons. The number of carbonyl (C=O) groups excluding carboxylic acids is 1. The Morgan fingerprint density at radius 3 is 2.47 bits per heavy atom. The number of ether oxygens (including phenoxy) is 1. The molecule has 9 heteroatoms. The Balaban J connectivity index is 1.37. The summed E-state index contributed by atoms with van der Waals surface area (Å²) in [5.74, 6) is 1.42. The molecular weight excluding hydrogens is 492 g/mol. The number of hydrogen-bond donors (Lipinski definition) is 1. The molecule has 4 rings (SSSR count). The number of carbonyl (C=O) groups is 1. The number of para-hydroxylation sites is 2. The largest absolute Gasteiger partial charge is 0.476 e. The van der Waals surface area contributed by atoms with Crippen LogP contribution in [0.3, 0.4) is 0 Å². The fourth-order valence-electron chi connectivity index (χ4n) is 3.60. The number of rotatable bonds is 9. The van der Waals surface area contributed by atoms with E-state index in [1.165, 1.54) is 4.31 Å². The van der Waals surface area contributed by atoms with Crippen molar-refractivity contribution in [2.24, 2.45) is 0 Å². The van der Waals surface area contributed by atoms with E-state index in [0.29, 0.717) is 34.3 Å². The van der Waals surface area contributed by atoms with Gasteiger partial charge in [0, 0.05) is 23.1 Å². The van der Waals surface area contributed by atoms with Gasteiger partial charge in [-0.05, 0) is 35.4 Å². The number of fused-ring (bicyclic) bond motifs is 1. The second-order valence-corrected chi connectivity index (χ2v) is 11.3. The molecule has 34 heavy (non-hydrogen) atoms. The average Bonchev–Trinajstić information content (AvgIpc) is 2.84. The lowest BCUT2D eigenvalue weighted by Crippen LogP contribution is -2.51. The molecular formula is C25H25ClN2O4S2. The standard InChI is InChI=1S/C25H25ClN2O4S2/c26-21-12-10-19(11-13-21)17-33-15-14-27-25(29)24-16-28(22-8-4-5-9-23(22)32-24)34(30,31)18-20-6-2-1-3-7-20/h1-13,24H,14-18H2,(H,27,29). The fraction of sp³-hybridized carbons (Fsp3) is 0.240. The van der Waals surface area contributed by atoms with Crippen molar-refractivity contribution in [3.63, 3.8) is 0 Å². The molecule has 1 aliphatic heterocycles. The number of sulfonamides is 1. The van der Waals surface area contributed by atoms with Crippen LogP contribution in [0.15, 0.2) is 78.9 Å². The van der Waals surface area contributed by atoms with E-state index in [0.717, 1.165) is 11.3 Å². The van der Waals surface area contributed by atoms with Crippen molar-refractivity contribution in [3.05, 3.63) is 95.0 Å². The molecule has 3 aromatic rings. The van der Waals surface area contributed by atoms with Crippen LogP contribution < -0.4 is 14.4 Å². The first-order valence-electron chi connectivity index (χ1n) is 10.8. The Hall–Kier alpha value is -2.68. The average molecular weight is 517 g/mol. The first-order chi connectivity index (χ1) is 16.4. The highest BCUT2D eigenvalue weighted by Crippen LogP contribution is 2.35. The molecule has 0 aliphatic carbocycles. The molecule has 3 aromatic carbocycles. The molecule has 1 atom stereocenters. The minimum absolute atomic E-state index is 0.0735. The number of benzene rings is 3. The summed E-state index contributed by atoms with van der Waals surface area (Å²) in [5.41, 5.74) is 2.29. The lowest BCUT2D eigenvalue weighted by Gasteiger charge is -2.34. The number of anilines is 1. The summed E-state index contributed by atoms with van der Waals surface area (Å²) in [6.07, 6.45) is -0.929. The highest BCUT2D eigenvalue weighted by atomic mass is 35.5. The topological polar surface area (TPSA) is 75.7 Å². The maximum atomic E-state index is 13.3. The molecule has 1 N–H and O–H groups in total. The third kappa shape index (κ3) is 6.25. The van der Waals surface area contributed by atoms with E-state index in [1.54, 1.807) is 60.3 Å². The van der Waals surface area contributed by atoms with Gasteiger partial charge in [-0.1, -0.05) is 66.2 Å². The van der Waals surface area contributed by atoms with Gasteiger partial charge in [-0.25, -0.2) is 8.42 Å². The van der Waals surface area contributed by atoms with Crippen molar-refractivity contribution >= 4 is 45.0 Å². The van der Waals surface area contributed by atoms with Gasteiger partial charge < -0.3 is 10.1 Å². The zero-order valence-electron chi connectivity index (χ0n) is 18.4. The second kappa shape index (κ2) is 11.2. The third-order valence-corrected chi connectivity index (χ3v) is 8.28. The molecule has 6 nitrogen and oxygen atoms in total. The summed E-state index contributed by atoms with van der Waals surface area (Å²) in [6.45, 7) is 0.380. The summed E-state index contributed by atoms with van der Waals surface area (Å²) >= 11 is 7.60. The number of nitrogens with one attached hydrogen (secondary N) is 1. The first-order valence-corrected chi connectivity index (χ1v) is 14.0. The minimum Gasteiger partial charge on any atom is -0.476 e. The molecule has 1 aliphatic rings. The van der Waals surface area contributed by atoms with Crippen LogP contribution in [0.2, 0.25) is 5.02 Å². The number of nitrogens with zero attached hydrogens (tertiary/aromatic N) is 1. The maximum absolute atomic E-state index is 13.3. The molecule has 0 spiro atoms. The number of hydrogen-bond acceptors (Lipinski definition) is 5. The highest BCUT2D eigenvalue weighted by molar-refractivity contribution is 7.98. The van der Waals surface area contributed by atoms with E-state index in [-0.39, 0.29) is 18.2 Å². The number of halogens is 1. The van der Waals surface area contributed by atoms with Crippen LogP contribution in [-0.4, -0.2) is 39.3 Å². The van der Waals surface area contributed by atoms with Crippen LogP contribution in [0.1, 0.15) is 11.1 Å². The third-order valence-electron chi connectivity index (χ3n) is 5.28. The van der Waals surface area contributed by atoms with Crippen molar-refractivity contribution in [3.8, 4) is 5.75 Å². The van der Waals surface area contributed by atoms with Gasteiger partial charge in [0.1, 0.15) is 5.75 Å². The van der Waals surface area contributed by atoms with Gasteiger partial charge in [-0.3, -0.25) is 9.10 Å². The molecule has 0 saturated carbocycles. The van der Waals surface area contributed by atoms with Gasteiger partial charge in [-0.2, -0.15) is 11.8 Å². The maximum Gasteiger partial charge on any atom is 0.263 e. The molecule has 0 bridgehead atoms. The SMILES string of the molecule is O=C(NCCSCc1ccc(Cl)cc1)C1CN(S(=O)(=O)Cc2ccccc2)c2ccccc2O1. The highest BCUT2D eigenvalue weighted by Gasteiger charge is 2.36. The lowest BCUT2D eigenvalue weighted by molar-refractivity contribution is -0.127. The summed E-state index contributed by atoms with van der Waals surface area (Å²) in [6, 6.07) is 23.6. The quantitative estimate of drug-likeness (QED) is 0.424. The second-order valence-electron chi connectivity index (χ2n) is 7.82. The molecule has 0 fully saturated rings. The zero-order chi connectivity index (χ0) is 24.0. The van der Waals surface area contributed by atoms with E-state index < -0.39 is 16.1 Å². The van der Waals surface area contributed by atoms with Gasteiger partial charge in [0.05, 0.1) is 18.0 Å². The van der Waals surface area contributed by atoms with Crippen molar-refractivity contribution in [2.75, 3.05) is 23.1 Å². The molecule has 0 radical (unpaired) electrons. The van der Waals surface area contributed by atoms with Crippen LogP contribution >= 0.6 is 23.4 Å². The Labute approximate surface area is 209 Å². The van der Waals surface area contributed by atoms with Gasteiger partial charge >= 0.3 is 0 Å². The van der Waals surface area contributed by atoms with E-state index in [4.69, 9.17) is 16.3 Å². The molecule has 1 unspecified atom stereocenters. The fourth-order valence-corrected chi connectivity index (χ4v) is 6.12. The monoisotopic (exact) mass is 516 g/mol. The normalized spacial score (nSPS) is 15.3. The number of amides is 1. The van der Waals surface area contributed by atoms with Crippen molar-refractivity contribution in [1.82, 2.24) is 5.32 Å². The van der Waals surface area contributed by atoms with Gasteiger partial charge in [-0.15, -0.1) is 0 Å². The van der Waals surface area contributed by atoms with Gasteiger partial charge in [0.15, 0.2) is 6.10 Å². The van der Waals surface area contributed by atoms with E-state index >= 15 is 0 Å². The van der Waals surface area contributed by atoms with Gasteiger partial charge in [0.2, 0.25) is 10.0 Å². The van der Waals surface area contributed by atoms with Crippen molar-refractivity contribution in [1.29, 1.82) is 0 Å². The predicted molar refractivity (Wildman–Crippen MR) is 138 cm³/mol. The first kappa shape index (κ1) is 24.4. The molecule has 0 aromatic heterocycles. The zero-order valence-corrected chi connectivity index (χ0v) is 20.8. The van der Waals surface area contributed by atoms with Crippen LogP contribution in [0.25, 0.3) is 0 Å². The molecule has 1 amide bonds. The van der Waals surface area contributed by atoms with Crippen LogP contribution in [0.5, 0.6) is 5.75 Å². The number of thioether (sulfide) groups is 1. The Kier molecular flexibility index (Phi) is 8.03. The Morgan fingerprint density at radius 1 is 1.00 bits per heavy atom. The summed E-state index contributed by atoms with van der Waals surface area (Å²) in [5, 5.41) is 3.58. The van der Waals surface area contributed by atoms with E-state index in [1.807, 2.05) is 30.3 Å². The summed E-state index contributed by atoms with van der Waals surface area (Å²) < 4.78 is 33.7. The van der Waals surface area contributed by atoms with E-state index in [9.17, 15) is 13.2 Å². The van der Waals surface area contributed by atoms with Gasteiger partial charge in [0.25, 0.3) is 5.91 Å². The molecule has 1 heterocycles.